The van der Waals surface area contributed by atoms with Crippen LogP contribution >= 0.6 is 0 Å². The van der Waals surface area contributed by atoms with E-state index in [1.165, 1.54) is 27.9 Å². The zero-order chi connectivity index (χ0) is 34.4. The lowest BCUT2D eigenvalue weighted by Gasteiger charge is -2.21. The van der Waals surface area contributed by atoms with Crippen LogP contribution in [0.2, 0.25) is 0 Å². The summed E-state index contributed by atoms with van der Waals surface area (Å²) in [7, 11) is 0. The second kappa shape index (κ2) is 12.6. The summed E-state index contributed by atoms with van der Waals surface area (Å²) in [6.07, 6.45) is 2.66. The Morgan fingerprint density at radius 3 is 2.27 bits per heavy atom. The van der Waals surface area contributed by atoms with Crippen molar-refractivity contribution in [2.45, 2.75) is 73.3 Å². The average Bonchev–Trinajstić information content (AvgIpc) is 3.62. The third-order valence-corrected chi connectivity index (χ3v) is 9.00. The molecule has 0 N–H and O–H groups in total. The largest absolute Gasteiger partial charge is 0.488 e. The Labute approximate surface area is 289 Å². The highest BCUT2D eigenvalue weighted by Gasteiger charge is 2.22. The monoisotopic (exact) mass is 648 g/mol. The van der Waals surface area contributed by atoms with Gasteiger partial charge in [0.15, 0.2) is 0 Å². The molecule has 0 saturated heterocycles. The lowest BCUT2D eigenvalue weighted by Crippen LogP contribution is -2.23. The molecule has 7 aromatic rings. The van der Waals surface area contributed by atoms with Gasteiger partial charge in [0.2, 0.25) is 0 Å². The first-order valence-electron chi connectivity index (χ1n) is 17.2. The summed E-state index contributed by atoms with van der Waals surface area (Å²) >= 11 is 0. The van der Waals surface area contributed by atoms with Crippen LogP contribution in [-0.2, 0) is 6.42 Å². The normalized spacial score (nSPS) is 11.9. The van der Waals surface area contributed by atoms with Gasteiger partial charge in [-0.3, -0.25) is 4.57 Å². The Kier molecular flexibility index (Phi) is 8.27. The van der Waals surface area contributed by atoms with Crippen LogP contribution < -0.4 is 9.47 Å². The average molecular weight is 649 g/mol. The molecule has 0 bridgehead atoms. The Morgan fingerprint density at radius 2 is 1.51 bits per heavy atom. The minimum atomic E-state index is -0.319. The molecule has 4 aromatic carbocycles. The van der Waals surface area contributed by atoms with Crippen molar-refractivity contribution in [3.8, 4) is 39.9 Å². The second-order valence-corrected chi connectivity index (χ2v) is 14.1. The molecule has 3 aromatic heterocycles. The number of aryl methyl sites for hydroxylation is 2. The van der Waals surface area contributed by atoms with E-state index >= 15 is 0 Å². The van der Waals surface area contributed by atoms with Gasteiger partial charge in [-0.1, -0.05) is 63.2 Å². The van der Waals surface area contributed by atoms with E-state index in [9.17, 15) is 0 Å². The van der Waals surface area contributed by atoms with Crippen molar-refractivity contribution in [1.29, 1.82) is 0 Å². The standard InChI is InChI=1S/C43H44N4O2/c1-9-37-41(30-18-17-28(4)29(5)23-30)42(27(2)3)45-47(37)31-13-12-14-32(24-31)48-33-19-20-36-35-15-10-11-16-38(35)46(39(36)25-33)40-26-34(21-22-44-40)49-43(6,7)8/h10-27H,9H2,1-8H3. The van der Waals surface area contributed by atoms with Crippen molar-refractivity contribution in [2.75, 3.05) is 0 Å². The number of nitrogens with zero attached hydrogens (tertiary/aromatic N) is 4. The van der Waals surface area contributed by atoms with Gasteiger partial charge < -0.3 is 9.47 Å². The predicted octanol–water partition coefficient (Wildman–Crippen LogP) is 11.3. The maximum absolute atomic E-state index is 6.60. The minimum absolute atomic E-state index is 0.274. The summed E-state index contributed by atoms with van der Waals surface area (Å²) in [5, 5.41) is 7.49. The van der Waals surface area contributed by atoms with Gasteiger partial charge in [0.25, 0.3) is 0 Å². The van der Waals surface area contributed by atoms with Gasteiger partial charge in [0.1, 0.15) is 28.7 Å². The number of pyridine rings is 1. The Morgan fingerprint density at radius 1 is 0.735 bits per heavy atom. The summed E-state index contributed by atoms with van der Waals surface area (Å²) in [6, 6.07) is 33.6. The molecule has 49 heavy (non-hydrogen) atoms. The Hall–Kier alpha value is -5.36. The van der Waals surface area contributed by atoms with Gasteiger partial charge >= 0.3 is 0 Å². The lowest BCUT2D eigenvalue weighted by molar-refractivity contribution is 0.131. The van der Waals surface area contributed by atoms with Gasteiger partial charge in [-0.15, -0.1) is 0 Å². The zero-order valence-electron chi connectivity index (χ0n) is 29.7. The summed E-state index contributed by atoms with van der Waals surface area (Å²) < 4.78 is 17.1. The van der Waals surface area contributed by atoms with Crippen LogP contribution in [0.15, 0.2) is 103 Å². The van der Waals surface area contributed by atoms with Crippen molar-refractivity contribution in [1.82, 2.24) is 19.3 Å². The van der Waals surface area contributed by atoms with Gasteiger partial charge in [-0.2, -0.15) is 5.10 Å². The molecule has 6 heteroatoms. The van der Waals surface area contributed by atoms with Gasteiger partial charge in [0.05, 0.1) is 28.1 Å². The predicted molar refractivity (Wildman–Crippen MR) is 201 cm³/mol. The molecule has 0 saturated carbocycles. The fraction of sp³-hybridized carbons (Fsp3) is 0.256. The highest BCUT2D eigenvalue weighted by molar-refractivity contribution is 6.09. The van der Waals surface area contributed by atoms with Crippen molar-refractivity contribution in [3.63, 3.8) is 0 Å². The van der Waals surface area contributed by atoms with E-state index in [-0.39, 0.29) is 11.5 Å². The van der Waals surface area contributed by atoms with Crippen molar-refractivity contribution in [2.24, 2.45) is 0 Å². The minimum Gasteiger partial charge on any atom is -0.488 e. The molecule has 7 rings (SSSR count). The fourth-order valence-corrected chi connectivity index (χ4v) is 6.64. The van der Waals surface area contributed by atoms with Crippen LogP contribution in [0.3, 0.4) is 0 Å². The molecule has 0 atom stereocenters. The van der Waals surface area contributed by atoms with Crippen molar-refractivity contribution >= 4 is 21.8 Å². The second-order valence-electron chi connectivity index (χ2n) is 14.1. The summed E-state index contributed by atoms with van der Waals surface area (Å²) in [5.74, 6) is 3.33. The van der Waals surface area contributed by atoms with Crippen LogP contribution in [0, 0.1) is 13.8 Å². The van der Waals surface area contributed by atoms with E-state index in [4.69, 9.17) is 19.6 Å². The first kappa shape index (κ1) is 32.2. The van der Waals surface area contributed by atoms with Crippen molar-refractivity contribution < 1.29 is 9.47 Å². The first-order valence-corrected chi connectivity index (χ1v) is 17.2. The molecule has 0 aliphatic carbocycles. The van der Waals surface area contributed by atoms with Crippen LogP contribution in [0.25, 0.3) is 44.4 Å². The third-order valence-electron chi connectivity index (χ3n) is 9.00. The number of ether oxygens (including phenoxy) is 2. The molecule has 0 amide bonds. The fourth-order valence-electron chi connectivity index (χ4n) is 6.64. The summed E-state index contributed by atoms with van der Waals surface area (Å²) in [6.45, 7) is 17.1. The molecule has 6 nitrogen and oxygen atoms in total. The number of rotatable bonds is 8. The van der Waals surface area contributed by atoms with Crippen LogP contribution in [-0.4, -0.2) is 24.9 Å². The Bertz CT molecular complexity index is 2320. The number of benzene rings is 4. The topological polar surface area (TPSA) is 54.1 Å². The number of hydrogen-bond donors (Lipinski definition) is 0. The van der Waals surface area contributed by atoms with Gasteiger partial charge in [-0.25, -0.2) is 9.67 Å². The highest BCUT2D eigenvalue weighted by Crippen LogP contribution is 2.38. The number of para-hydroxylation sites is 1. The molecule has 0 fully saturated rings. The quantitative estimate of drug-likeness (QED) is 0.165. The Balaban J connectivity index is 1.29. The lowest BCUT2D eigenvalue weighted by atomic mass is 9.94. The third kappa shape index (κ3) is 6.19. The van der Waals surface area contributed by atoms with Gasteiger partial charge in [0, 0.05) is 40.7 Å². The molecule has 0 aliphatic heterocycles. The van der Waals surface area contributed by atoms with E-state index in [2.05, 4.69) is 131 Å². The SMILES string of the molecule is CCc1c(-c2ccc(C)c(C)c2)c(C(C)C)nn1-c1cccc(Oc2ccc3c4ccccc4n(-c4cc(OC(C)(C)C)ccn4)c3c2)c1. The maximum Gasteiger partial charge on any atom is 0.141 e. The first-order chi connectivity index (χ1) is 23.5. The number of aromatic nitrogens is 4. The molecule has 248 valence electrons. The molecular formula is C43H44N4O2. The van der Waals surface area contributed by atoms with Crippen LogP contribution in [0.1, 0.15) is 70.0 Å². The maximum atomic E-state index is 6.60. The molecule has 0 radical (unpaired) electrons. The van der Waals surface area contributed by atoms with Crippen LogP contribution in [0.4, 0.5) is 0 Å². The highest BCUT2D eigenvalue weighted by atomic mass is 16.5. The molecule has 3 heterocycles. The van der Waals surface area contributed by atoms with Crippen LogP contribution in [0.5, 0.6) is 17.2 Å². The molecule has 0 spiro atoms. The van der Waals surface area contributed by atoms with E-state index in [0.29, 0.717) is 0 Å². The molecular weight excluding hydrogens is 604 g/mol. The van der Waals surface area contributed by atoms with Crippen molar-refractivity contribution in [3.05, 3.63) is 126 Å². The van der Waals surface area contributed by atoms with Gasteiger partial charge in [-0.05, 0) is 100 Å². The summed E-state index contributed by atoms with van der Waals surface area (Å²) in [5.41, 5.74) is 10.1. The zero-order valence-corrected chi connectivity index (χ0v) is 29.7. The smallest absolute Gasteiger partial charge is 0.141 e. The summed E-state index contributed by atoms with van der Waals surface area (Å²) in [4.78, 5) is 4.77. The van der Waals surface area contributed by atoms with E-state index in [0.717, 1.165) is 62.7 Å². The number of fused-ring (bicyclic) bond motifs is 3. The number of hydrogen-bond acceptors (Lipinski definition) is 4. The van der Waals surface area contributed by atoms with E-state index in [1.54, 1.807) is 6.20 Å². The molecule has 0 unspecified atom stereocenters. The van der Waals surface area contributed by atoms with E-state index < -0.39 is 0 Å². The van der Waals surface area contributed by atoms with E-state index in [1.807, 2.05) is 30.3 Å². The molecule has 0 aliphatic rings.